The number of ether oxygens (including phenoxy) is 3. The third-order valence-electron chi connectivity index (χ3n) is 7.81. The van der Waals surface area contributed by atoms with E-state index in [4.69, 9.17) is 29.7 Å². The van der Waals surface area contributed by atoms with E-state index < -0.39 is 24.0 Å². The van der Waals surface area contributed by atoms with Crippen LogP contribution in [0.4, 0.5) is 0 Å². The average molecular weight is 433 g/mol. The molecule has 0 aromatic carbocycles. The number of pyridine rings is 1. The van der Waals surface area contributed by atoms with E-state index >= 15 is 0 Å². The summed E-state index contributed by atoms with van der Waals surface area (Å²) in [6.45, 7) is 6.67. The summed E-state index contributed by atoms with van der Waals surface area (Å²) in [4.78, 5) is 27.9. The number of aromatic nitrogens is 1. The second-order valence-electron chi connectivity index (χ2n) is 9.76. The Morgan fingerprint density at radius 1 is 1.23 bits per heavy atom. The zero-order valence-electron chi connectivity index (χ0n) is 18.4. The Balaban J connectivity index is 1.34. The van der Waals surface area contributed by atoms with E-state index in [-0.39, 0.29) is 24.2 Å². The van der Waals surface area contributed by atoms with Gasteiger partial charge in [-0.3, -0.25) is 9.78 Å². The molecule has 1 aromatic heterocycles. The molecule has 5 fully saturated rings. The summed E-state index contributed by atoms with van der Waals surface area (Å²) in [7, 11) is 0. The van der Waals surface area contributed by atoms with Crippen molar-refractivity contribution in [1.82, 2.24) is 4.98 Å². The molecule has 4 saturated heterocycles. The lowest BCUT2D eigenvalue weighted by Crippen LogP contribution is -2.70. The minimum Gasteiger partial charge on any atom is -0.348 e. The normalized spacial score (nSPS) is 43.9. The molecule has 170 valence electrons. The monoisotopic (exact) mass is 432 g/mol. The molecule has 1 spiro atoms. The molecule has 1 aromatic rings. The summed E-state index contributed by atoms with van der Waals surface area (Å²) in [6.07, 6.45) is 4.68. The van der Waals surface area contributed by atoms with Gasteiger partial charge in [0.2, 0.25) is 5.79 Å². The molecule has 31 heavy (non-hydrogen) atoms. The molecule has 1 saturated carbocycles. The molecule has 8 heteroatoms. The predicted octanol–water partition coefficient (Wildman–Crippen LogP) is 2.95. The molecule has 4 unspecified atom stereocenters. The Morgan fingerprint density at radius 2 is 2.06 bits per heavy atom. The molecule has 0 radical (unpaired) electrons. The number of ketones is 1. The van der Waals surface area contributed by atoms with E-state index in [1.165, 1.54) is 0 Å². The van der Waals surface area contributed by atoms with Gasteiger partial charge in [-0.05, 0) is 49.7 Å². The smallest absolute Gasteiger partial charge is 0.201 e. The van der Waals surface area contributed by atoms with Gasteiger partial charge in [0.15, 0.2) is 24.0 Å². The number of carbonyl (C=O) groups excluding carboxylic acids is 1. The first-order chi connectivity index (χ1) is 14.9. The van der Waals surface area contributed by atoms with Crippen LogP contribution in [-0.2, 0) is 30.6 Å². The zero-order valence-corrected chi connectivity index (χ0v) is 18.4. The van der Waals surface area contributed by atoms with Crippen LogP contribution < -0.4 is 5.73 Å². The number of rotatable bonds is 5. The van der Waals surface area contributed by atoms with Crippen LogP contribution in [0.1, 0.15) is 62.5 Å². The van der Waals surface area contributed by atoms with Gasteiger partial charge in [0, 0.05) is 24.5 Å². The van der Waals surface area contributed by atoms with Gasteiger partial charge in [0.05, 0.1) is 13.2 Å². The Morgan fingerprint density at radius 3 is 2.81 bits per heavy atom. The predicted molar refractivity (Wildman–Crippen MR) is 109 cm³/mol. The number of hydrogen-bond acceptors (Lipinski definition) is 8. The molecule has 0 amide bonds. The van der Waals surface area contributed by atoms with E-state index in [0.717, 1.165) is 31.2 Å². The van der Waals surface area contributed by atoms with Gasteiger partial charge < -0.3 is 19.9 Å². The van der Waals surface area contributed by atoms with Gasteiger partial charge in [-0.25, -0.2) is 9.78 Å². The summed E-state index contributed by atoms with van der Waals surface area (Å²) >= 11 is 0. The summed E-state index contributed by atoms with van der Waals surface area (Å²) in [5, 5.41) is 0. The van der Waals surface area contributed by atoms with Crippen LogP contribution in [0, 0.1) is 23.7 Å². The molecule has 4 aliphatic heterocycles. The van der Waals surface area contributed by atoms with Gasteiger partial charge >= 0.3 is 0 Å². The highest BCUT2D eigenvalue weighted by Gasteiger charge is 2.69. The van der Waals surface area contributed by atoms with E-state index in [2.05, 4.69) is 18.8 Å². The minimum absolute atomic E-state index is 0.0505. The van der Waals surface area contributed by atoms with Gasteiger partial charge in [-0.15, -0.1) is 0 Å². The molecule has 5 aliphatic rings. The Labute approximate surface area is 182 Å². The summed E-state index contributed by atoms with van der Waals surface area (Å²) < 4.78 is 19.0. The van der Waals surface area contributed by atoms with Crippen LogP contribution in [0.15, 0.2) is 18.3 Å². The molecule has 2 bridgehead atoms. The Kier molecular flexibility index (Phi) is 5.44. The number of Topliss-reactive ketones (excluding diaryl/α,β-unsaturated/α-hetero) is 1. The van der Waals surface area contributed by atoms with Crippen LogP contribution >= 0.6 is 0 Å². The van der Waals surface area contributed by atoms with Crippen molar-refractivity contribution in [3.63, 3.8) is 0 Å². The topological polar surface area (TPSA) is 102 Å². The molecule has 6 rings (SSSR count). The van der Waals surface area contributed by atoms with Gasteiger partial charge in [0.1, 0.15) is 5.69 Å². The second kappa shape index (κ2) is 7.86. The average Bonchev–Trinajstić information content (AvgIpc) is 3.01. The molecule has 2 N–H and O–H groups in total. The summed E-state index contributed by atoms with van der Waals surface area (Å²) in [6, 6.07) is 3.52. The largest absolute Gasteiger partial charge is 0.348 e. The highest BCUT2D eigenvalue weighted by molar-refractivity contribution is 5.95. The maximum Gasteiger partial charge on any atom is 0.201 e. The molecule has 8 atom stereocenters. The van der Waals surface area contributed by atoms with Crippen LogP contribution in [0.25, 0.3) is 0 Å². The molecule has 5 heterocycles. The van der Waals surface area contributed by atoms with Crippen molar-refractivity contribution in [3.05, 3.63) is 29.6 Å². The van der Waals surface area contributed by atoms with Gasteiger partial charge in [-0.1, -0.05) is 19.9 Å². The van der Waals surface area contributed by atoms with E-state index in [9.17, 15) is 4.79 Å². The lowest BCUT2D eigenvalue weighted by Gasteiger charge is -2.60. The lowest BCUT2D eigenvalue weighted by molar-refractivity contribution is -0.577. The second-order valence-corrected chi connectivity index (χ2v) is 9.76. The van der Waals surface area contributed by atoms with Crippen molar-refractivity contribution in [2.75, 3.05) is 6.54 Å². The minimum atomic E-state index is -0.794. The molecule has 1 aliphatic carbocycles. The molecular formula is C23H32N2O6. The summed E-state index contributed by atoms with van der Waals surface area (Å²) in [5.41, 5.74) is 6.05. The van der Waals surface area contributed by atoms with Crippen LogP contribution in [0.3, 0.4) is 0 Å². The Bertz CT molecular complexity index is 834. The molecule has 8 nitrogen and oxygen atoms in total. The SMILES string of the molecule is C[C@H]1C(OCc2ccc(C(=O)CN)nc2)OC2O[C@]3(C)CCC4[C@H](C)CCC1[C@@]24OO3. The first-order valence-electron chi connectivity index (χ1n) is 11.4. The van der Waals surface area contributed by atoms with Crippen molar-refractivity contribution < 1.29 is 28.8 Å². The number of fused-ring (bicyclic) bond motifs is 2. The quantitative estimate of drug-likeness (QED) is 0.560. The standard InChI is InChI=1S/C23H32N2O6/c1-13-4-6-17-14(2)20(27-12-15-5-7-18(25-11-15)19(26)10-24)28-21-23(17)16(13)8-9-22(3,29-21)30-31-23/h5,7,11,13-14,16-17,20-21H,4,6,8-10,12,24H2,1-3H3/t13-,14-,16?,17?,20?,21?,22+,23-/m1/s1. The van der Waals surface area contributed by atoms with Crippen molar-refractivity contribution in [3.8, 4) is 0 Å². The van der Waals surface area contributed by atoms with Crippen molar-refractivity contribution in [1.29, 1.82) is 0 Å². The fourth-order valence-electron chi connectivity index (χ4n) is 6.02. The van der Waals surface area contributed by atoms with Crippen LogP contribution in [0.5, 0.6) is 0 Å². The maximum atomic E-state index is 11.7. The fraction of sp³-hybridized carbons (Fsp3) is 0.739. The number of nitrogens with two attached hydrogens (primary N) is 1. The fourth-order valence-corrected chi connectivity index (χ4v) is 6.02. The highest BCUT2D eigenvalue weighted by atomic mass is 17.3. The van der Waals surface area contributed by atoms with Crippen LogP contribution in [-0.4, -0.2) is 41.3 Å². The number of carbonyl (C=O) groups is 1. The van der Waals surface area contributed by atoms with Gasteiger partial charge in [-0.2, -0.15) is 0 Å². The van der Waals surface area contributed by atoms with E-state index in [1.807, 2.05) is 13.0 Å². The van der Waals surface area contributed by atoms with E-state index in [0.29, 0.717) is 24.1 Å². The lowest BCUT2D eigenvalue weighted by atomic mass is 9.58. The van der Waals surface area contributed by atoms with Crippen molar-refractivity contribution >= 4 is 5.78 Å². The van der Waals surface area contributed by atoms with Crippen LogP contribution in [0.2, 0.25) is 0 Å². The number of nitrogens with zero attached hydrogens (tertiary/aromatic N) is 1. The summed E-state index contributed by atoms with van der Waals surface area (Å²) in [5.74, 6) is 0.230. The van der Waals surface area contributed by atoms with Crippen molar-refractivity contribution in [2.24, 2.45) is 29.4 Å². The third-order valence-corrected chi connectivity index (χ3v) is 7.81. The Hall–Kier alpha value is -1.42. The van der Waals surface area contributed by atoms with E-state index in [1.54, 1.807) is 12.3 Å². The first-order valence-corrected chi connectivity index (χ1v) is 11.4. The number of hydrogen-bond donors (Lipinski definition) is 1. The molecular weight excluding hydrogens is 400 g/mol. The first kappa shape index (κ1) is 21.4. The van der Waals surface area contributed by atoms with Crippen molar-refractivity contribution in [2.45, 2.75) is 77.0 Å². The highest BCUT2D eigenvalue weighted by Crippen LogP contribution is 2.60. The maximum absolute atomic E-state index is 11.7. The third kappa shape index (κ3) is 3.44. The van der Waals surface area contributed by atoms with Gasteiger partial charge in [0.25, 0.3) is 0 Å². The zero-order chi connectivity index (χ0) is 21.8.